The average molecular weight is 436 g/mol. The van der Waals surface area contributed by atoms with Crippen LogP contribution in [-0.2, 0) is 16.8 Å². The van der Waals surface area contributed by atoms with Crippen LogP contribution in [0, 0.1) is 12.7 Å². The van der Waals surface area contributed by atoms with Gasteiger partial charge in [0.2, 0.25) is 0 Å². The lowest BCUT2D eigenvalue weighted by atomic mass is 9.95. The molecular weight excluding hydrogens is 409 g/mol. The number of benzene rings is 2. The molecule has 0 atom stereocenters. The van der Waals surface area contributed by atoms with Crippen LogP contribution in [0.3, 0.4) is 0 Å². The van der Waals surface area contributed by atoms with Gasteiger partial charge in [0.15, 0.2) is 11.6 Å². The van der Waals surface area contributed by atoms with Crippen molar-refractivity contribution in [1.29, 1.82) is 0 Å². The van der Waals surface area contributed by atoms with Gasteiger partial charge in [0.1, 0.15) is 17.3 Å². The van der Waals surface area contributed by atoms with E-state index in [1.165, 1.54) is 6.07 Å². The molecular formula is C24H26FN5O2. The smallest absolute Gasteiger partial charge is 0.162 e. The van der Waals surface area contributed by atoms with E-state index in [0.29, 0.717) is 23.6 Å². The van der Waals surface area contributed by atoms with Gasteiger partial charge >= 0.3 is 0 Å². The number of methoxy groups -OCH3 is 2. The van der Waals surface area contributed by atoms with Crippen molar-refractivity contribution in [1.82, 2.24) is 19.3 Å². The molecule has 3 heterocycles. The van der Waals surface area contributed by atoms with Crippen molar-refractivity contribution in [3.8, 4) is 22.6 Å². The van der Waals surface area contributed by atoms with Crippen LogP contribution < -0.4 is 10.1 Å². The molecule has 0 radical (unpaired) electrons. The molecule has 4 aromatic rings. The number of hydrogen-bond acceptors (Lipinski definition) is 5. The summed E-state index contributed by atoms with van der Waals surface area (Å²) < 4.78 is 30.9. The van der Waals surface area contributed by atoms with Crippen LogP contribution in [0.5, 0.6) is 5.75 Å². The largest absolute Gasteiger partial charge is 0.494 e. The predicted octanol–water partition coefficient (Wildman–Crippen LogP) is 4.65. The van der Waals surface area contributed by atoms with Crippen molar-refractivity contribution < 1.29 is 13.9 Å². The fourth-order valence-electron chi connectivity index (χ4n) is 4.64. The Labute approximate surface area is 185 Å². The highest BCUT2D eigenvalue weighted by molar-refractivity contribution is 5.99. The third-order valence-corrected chi connectivity index (χ3v) is 6.09. The highest BCUT2D eigenvalue weighted by Crippen LogP contribution is 2.48. The topological polar surface area (TPSA) is 66.1 Å². The standard InChI is InChI=1S/C24H26FN5O2/c1-14-27-28-23-24(2,3)26-18-13-17(25)20(22(32-5)21(18)30(14)23)16-7-6-8-19-15(16)9-10-29(19)11-12-31-4/h6-10,13,26H,11-12H2,1-5H3. The minimum Gasteiger partial charge on any atom is -0.494 e. The molecule has 0 bridgehead atoms. The van der Waals surface area contributed by atoms with E-state index in [2.05, 4.69) is 20.1 Å². The van der Waals surface area contributed by atoms with Crippen LogP contribution in [0.15, 0.2) is 36.5 Å². The number of halogens is 1. The van der Waals surface area contributed by atoms with Gasteiger partial charge in [-0.2, -0.15) is 0 Å². The van der Waals surface area contributed by atoms with E-state index in [1.54, 1.807) is 14.2 Å². The van der Waals surface area contributed by atoms with E-state index in [9.17, 15) is 0 Å². The van der Waals surface area contributed by atoms with E-state index < -0.39 is 5.54 Å². The van der Waals surface area contributed by atoms with Gasteiger partial charge in [0, 0.05) is 36.8 Å². The molecule has 0 saturated heterocycles. The highest BCUT2D eigenvalue weighted by atomic mass is 19.1. The molecule has 1 aliphatic rings. The lowest BCUT2D eigenvalue weighted by molar-refractivity contribution is 0.188. The summed E-state index contributed by atoms with van der Waals surface area (Å²) in [4.78, 5) is 0. The number of anilines is 1. The third kappa shape index (κ3) is 2.90. The minimum absolute atomic E-state index is 0.352. The Morgan fingerprint density at radius 2 is 1.97 bits per heavy atom. The summed E-state index contributed by atoms with van der Waals surface area (Å²) in [6.45, 7) is 7.20. The zero-order valence-electron chi connectivity index (χ0n) is 18.9. The molecule has 32 heavy (non-hydrogen) atoms. The average Bonchev–Trinajstić information content (AvgIpc) is 3.35. The fourth-order valence-corrected chi connectivity index (χ4v) is 4.64. The van der Waals surface area contributed by atoms with Gasteiger partial charge in [0.05, 0.1) is 30.5 Å². The van der Waals surface area contributed by atoms with Gasteiger partial charge in [-0.1, -0.05) is 12.1 Å². The molecule has 1 aliphatic heterocycles. The van der Waals surface area contributed by atoms with Gasteiger partial charge in [0.25, 0.3) is 0 Å². The van der Waals surface area contributed by atoms with E-state index in [0.717, 1.165) is 40.3 Å². The maximum Gasteiger partial charge on any atom is 0.162 e. The Hall–Kier alpha value is -3.39. The van der Waals surface area contributed by atoms with E-state index in [4.69, 9.17) is 9.47 Å². The lowest BCUT2D eigenvalue weighted by Gasteiger charge is -2.35. The third-order valence-electron chi connectivity index (χ3n) is 6.09. The van der Waals surface area contributed by atoms with Crippen molar-refractivity contribution >= 4 is 16.6 Å². The first-order valence-electron chi connectivity index (χ1n) is 10.6. The molecule has 0 saturated carbocycles. The van der Waals surface area contributed by atoms with Crippen molar-refractivity contribution in [2.24, 2.45) is 0 Å². The molecule has 0 spiro atoms. The van der Waals surface area contributed by atoms with Gasteiger partial charge in [-0.25, -0.2) is 4.39 Å². The number of rotatable bonds is 5. The molecule has 0 unspecified atom stereocenters. The second-order valence-corrected chi connectivity index (χ2v) is 8.56. The van der Waals surface area contributed by atoms with E-state index in [1.807, 2.05) is 55.8 Å². The zero-order chi connectivity index (χ0) is 22.6. The molecule has 2 aromatic heterocycles. The van der Waals surface area contributed by atoms with Crippen molar-refractivity contribution in [3.63, 3.8) is 0 Å². The highest BCUT2D eigenvalue weighted by Gasteiger charge is 2.37. The maximum absolute atomic E-state index is 15.7. The van der Waals surface area contributed by atoms with Crippen LogP contribution in [0.25, 0.3) is 27.7 Å². The van der Waals surface area contributed by atoms with Crippen LogP contribution in [0.4, 0.5) is 10.1 Å². The Balaban J connectivity index is 1.79. The Kier molecular flexibility index (Phi) is 4.70. The summed E-state index contributed by atoms with van der Waals surface area (Å²) in [6.07, 6.45) is 2.00. The monoisotopic (exact) mass is 435 g/mol. The van der Waals surface area contributed by atoms with Crippen LogP contribution in [-0.4, -0.2) is 40.2 Å². The molecule has 5 rings (SSSR count). The van der Waals surface area contributed by atoms with Crippen molar-refractivity contribution in [2.75, 3.05) is 26.1 Å². The number of ether oxygens (including phenoxy) is 2. The van der Waals surface area contributed by atoms with Gasteiger partial charge < -0.3 is 19.4 Å². The first kappa shape index (κ1) is 20.5. The normalized spacial score (nSPS) is 14.2. The van der Waals surface area contributed by atoms with Crippen molar-refractivity contribution in [3.05, 3.63) is 54.0 Å². The lowest BCUT2D eigenvalue weighted by Crippen LogP contribution is -2.36. The number of nitrogens with one attached hydrogen (secondary N) is 1. The Bertz CT molecular complexity index is 1340. The molecule has 8 heteroatoms. The van der Waals surface area contributed by atoms with Crippen molar-refractivity contribution in [2.45, 2.75) is 32.9 Å². The molecule has 0 aliphatic carbocycles. The fraction of sp³-hybridized carbons (Fsp3) is 0.333. The maximum atomic E-state index is 15.7. The predicted molar refractivity (Wildman–Crippen MR) is 122 cm³/mol. The first-order chi connectivity index (χ1) is 15.4. The molecule has 1 N–H and O–H groups in total. The second kappa shape index (κ2) is 7.34. The molecule has 7 nitrogen and oxygen atoms in total. The van der Waals surface area contributed by atoms with Gasteiger partial charge in [-0.3, -0.25) is 4.57 Å². The summed E-state index contributed by atoms with van der Waals surface area (Å²) in [5.41, 5.74) is 3.06. The number of hydrogen-bond donors (Lipinski definition) is 1. The molecule has 0 fully saturated rings. The number of aromatic nitrogens is 4. The first-order valence-corrected chi connectivity index (χ1v) is 10.6. The summed E-state index contributed by atoms with van der Waals surface area (Å²) in [7, 11) is 3.25. The van der Waals surface area contributed by atoms with Gasteiger partial charge in [-0.15, -0.1) is 10.2 Å². The van der Waals surface area contributed by atoms with Gasteiger partial charge in [-0.05, 0) is 38.5 Å². The number of nitrogens with zero attached hydrogens (tertiary/aromatic N) is 4. The summed E-state index contributed by atoms with van der Waals surface area (Å²) in [5.74, 6) is 1.57. The summed E-state index contributed by atoms with van der Waals surface area (Å²) in [5, 5.41) is 13.0. The number of fused-ring (bicyclic) bond motifs is 4. The second-order valence-electron chi connectivity index (χ2n) is 8.56. The number of aryl methyl sites for hydroxylation is 1. The Morgan fingerprint density at radius 1 is 1.16 bits per heavy atom. The van der Waals surface area contributed by atoms with Crippen LogP contribution in [0.2, 0.25) is 0 Å². The molecule has 2 aromatic carbocycles. The Morgan fingerprint density at radius 3 is 2.72 bits per heavy atom. The minimum atomic E-state index is -0.508. The zero-order valence-corrected chi connectivity index (χ0v) is 18.9. The summed E-state index contributed by atoms with van der Waals surface area (Å²) in [6, 6.07) is 9.45. The van der Waals surface area contributed by atoms with Crippen LogP contribution in [0.1, 0.15) is 25.5 Å². The summed E-state index contributed by atoms with van der Waals surface area (Å²) >= 11 is 0. The molecule has 166 valence electrons. The van der Waals surface area contributed by atoms with Crippen LogP contribution >= 0.6 is 0 Å². The molecule has 0 amide bonds. The van der Waals surface area contributed by atoms with E-state index >= 15 is 4.39 Å². The SMILES string of the molecule is COCCn1ccc2c(-c3c(F)cc4c(c3OC)-n3c(C)nnc3C(C)(C)N4)cccc21. The quantitative estimate of drug-likeness (QED) is 0.494. The van der Waals surface area contributed by atoms with E-state index in [-0.39, 0.29) is 5.82 Å².